The summed E-state index contributed by atoms with van der Waals surface area (Å²) in [7, 11) is 2.04. The molecule has 20 heavy (non-hydrogen) atoms. The summed E-state index contributed by atoms with van der Waals surface area (Å²) >= 11 is 1.89. The van der Waals surface area contributed by atoms with Crippen LogP contribution < -0.4 is 10.1 Å². The van der Waals surface area contributed by atoms with Gasteiger partial charge < -0.3 is 10.1 Å². The minimum atomic E-state index is -0.177. The van der Waals surface area contributed by atoms with Gasteiger partial charge in [0.2, 0.25) is 0 Å². The van der Waals surface area contributed by atoms with Crippen LogP contribution in [0, 0.1) is 0 Å². The van der Waals surface area contributed by atoms with E-state index in [-0.39, 0.29) is 5.54 Å². The average molecular weight is 286 g/mol. The van der Waals surface area contributed by atoms with Gasteiger partial charge in [-0.15, -0.1) is 11.3 Å². The highest BCUT2D eigenvalue weighted by Crippen LogP contribution is 2.44. The lowest BCUT2D eigenvalue weighted by molar-refractivity contribution is 0.217. The number of benzene rings is 1. The largest absolute Gasteiger partial charge is 0.493 e. The summed E-state index contributed by atoms with van der Waals surface area (Å²) in [6.45, 7) is 0.738. The van der Waals surface area contributed by atoms with E-state index in [0.717, 1.165) is 25.2 Å². The molecule has 1 atom stereocenters. The molecule has 2 aromatic rings. The molecule has 1 aromatic heterocycles. The van der Waals surface area contributed by atoms with Gasteiger partial charge >= 0.3 is 0 Å². The molecular formula is C16H18N2OS. The fourth-order valence-corrected chi connectivity index (χ4v) is 4.74. The van der Waals surface area contributed by atoms with E-state index in [1.54, 1.807) is 0 Å². The number of fused-ring (bicyclic) bond motifs is 2. The van der Waals surface area contributed by atoms with Crippen molar-refractivity contribution >= 4 is 11.3 Å². The highest BCUT2D eigenvalue weighted by Gasteiger charge is 2.41. The van der Waals surface area contributed by atoms with Crippen molar-refractivity contribution in [1.82, 2.24) is 10.3 Å². The van der Waals surface area contributed by atoms with E-state index in [4.69, 9.17) is 9.72 Å². The van der Waals surface area contributed by atoms with Gasteiger partial charge in [-0.05, 0) is 32.4 Å². The topological polar surface area (TPSA) is 34.2 Å². The van der Waals surface area contributed by atoms with Gasteiger partial charge in [0.05, 0.1) is 12.3 Å². The molecule has 0 fully saturated rings. The van der Waals surface area contributed by atoms with E-state index >= 15 is 0 Å². The predicted molar refractivity (Wildman–Crippen MR) is 80.5 cm³/mol. The number of aromatic nitrogens is 1. The van der Waals surface area contributed by atoms with Crippen molar-refractivity contribution in [3.05, 3.63) is 45.4 Å². The van der Waals surface area contributed by atoms with Crippen molar-refractivity contribution in [1.29, 1.82) is 0 Å². The van der Waals surface area contributed by atoms with E-state index in [1.807, 2.05) is 24.5 Å². The molecule has 2 heterocycles. The maximum Gasteiger partial charge on any atom is 0.124 e. The number of hydrogen-bond donors (Lipinski definition) is 1. The Bertz CT molecular complexity index is 630. The molecular weight excluding hydrogens is 268 g/mol. The van der Waals surface area contributed by atoms with Gasteiger partial charge in [0.1, 0.15) is 16.3 Å². The van der Waals surface area contributed by atoms with E-state index in [0.29, 0.717) is 0 Å². The summed E-state index contributed by atoms with van der Waals surface area (Å²) < 4.78 is 5.82. The lowest BCUT2D eigenvalue weighted by Crippen LogP contribution is -2.45. The normalized spacial score (nSPS) is 24.1. The monoisotopic (exact) mass is 286 g/mol. The van der Waals surface area contributed by atoms with Crippen LogP contribution in [0.2, 0.25) is 0 Å². The van der Waals surface area contributed by atoms with E-state index in [2.05, 4.69) is 23.5 Å². The molecule has 1 aromatic carbocycles. The minimum Gasteiger partial charge on any atom is -0.493 e. The maximum absolute atomic E-state index is 5.82. The molecule has 0 saturated heterocycles. The van der Waals surface area contributed by atoms with Gasteiger partial charge in [0, 0.05) is 16.9 Å². The molecule has 0 radical (unpaired) electrons. The molecule has 3 nitrogen and oxygen atoms in total. The fraction of sp³-hybridized carbons (Fsp3) is 0.438. The van der Waals surface area contributed by atoms with Crippen LogP contribution in [-0.4, -0.2) is 18.6 Å². The second kappa shape index (κ2) is 4.57. The Balaban J connectivity index is 1.88. The minimum absolute atomic E-state index is 0.177. The van der Waals surface area contributed by atoms with Crippen molar-refractivity contribution in [2.24, 2.45) is 0 Å². The molecule has 1 aliphatic carbocycles. The molecule has 0 saturated carbocycles. The SMILES string of the molecule is CNC1(c2nc3c(s2)CCC3)CCOc2ccccc21. The van der Waals surface area contributed by atoms with Crippen LogP contribution in [0.5, 0.6) is 5.75 Å². The molecule has 1 aliphatic heterocycles. The standard InChI is InChI=1S/C16H18N2OS/c1-17-16(15-18-12-6-4-8-14(12)20-15)9-10-19-13-7-3-2-5-11(13)16/h2-3,5,7,17H,4,6,8-10H2,1H3. The van der Waals surface area contributed by atoms with Crippen LogP contribution >= 0.6 is 11.3 Å². The van der Waals surface area contributed by atoms with Crippen molar-refractivity contribution in [2.75, 3.05) is 13.7 Å². The van der Waals surface area contributed by atoms with Gasteiger partial charge in [0.15, 0.2) is 0 Å². The Morgan fingerprint density at radius 2 is 2.20 bits per heavy atom. The summed E-state index contributed by atoms with van der Waals surface area (Å²) in [4.78, 5) is 6.44. The molecule has 4 rings (SSSR count). The maximum atomic E-state index is 5.82. The zero-order valence-electron chi connectivity index (χ0n) is 11.6. The van der Waals surface area contributed by atoms with Crippen LogP contribution in [0.25, 0.3) is 0 Å². The number of hydrogen-bond acceptors (Lipinski definition) is 4. The molecule has 104 valence electrons. The van der Waals surface area contributed by atoms with Gasteiger partial charge in [0.25, 0.3) is 0 Å². The Morgan fingerprint density at radius 1 is 1.30 bits per heavy atom. The Labute approximate surface area is 123 Å². The number of nitrogens with zero attached hydrogens (tertiary/aromatic N) is 1. The Kier molecular flexibility index (Phi) is 2.82. The zero-order chi connectivity index (χ0) is 13.6. The smallest absolute Gasteiger partial charge is 0.124 e. The quantitative estimate of drug-likeness (QED) is 0.922. The van der Waals surface area contributed by atoms with Crippen LogP contribution in [0.1, 0.15) is 34.0 Å². The summed E-state index contributed by atoms with van der Waals surface area (Å²) in [5, 5.41) is 4.76. The predicted octanol–water partition coefficient (Wildman–Crippen LogP) is 2.88. The van der Waals surface area contributed by atoms with Crippen molar-refractivity contribution < 1.29 is 4.74 Å². The highest BCUT2D eigenvalue weighted by molar-refractivity contribution is 7.12. The first kappa shape index (κ1) is 12.4. The fourth-order valence-electron chi connectivity index (χ4n) is 3.36. The van der Waals surface area contributed by atoms with Crippen LogP contribution in [-0.2, 0) is 18.4 Å². The number of aryl methyl sites for hydroxylation is 2. The molecule has 0 amide bonds. The Hall–Kier alpha value is -1.39. The number of rotatable bonds is 2. The summed E-state index contributed by atoms with van der Waals surface area (Å²) in [5.74, 6) is 0.989. The van der Waals surface area contributed by atoms with Crippen LogP contribution in [0.3, 0.4) is 0 Å². The van der Waals surface area contributed by atoms with E-state index in [9.17, 15) is 0 Å². The molecule has 1 unspecified atom stereocenters. The summed E-state index contributed by atoms with van der Waals surface area (Å²) in [6, 6.07) is 8.34. The number of ether oxygens (including phenoxy) is 1. The second-order valence-electron chi connectivity index (χ2n) is 5.49. The van der Waals surface area contributed by atoms with Crippen molar-refractivity contribution in [3.63, 3.8) is 0 Å². The third-order valence-electron chi connectivity index (χ3n) is 4.47. The number of nitrogens with one attached hydrogen (secondary N) is 1. The van der Waals surface area contributed by atoms with E-state index < -0.39 is 0 Å². The molecule has 2 aliphatic rings. The average Bonchev–Trinajstić information content (AvgIpc) is 3.08. The lowest BCUT2D eigenvalue weighted by Gasteiger charge is -2.37. The molecule has 4 heteroatoms. The van der Waals surface area contributed by atoms with Gasteiger partial charge in [-0.1, -0.05) is 18.2 Å². The van der Waals surface area contributed by atoms with Gasteiger partial charge in [-0.3, -0.25) is 0 Å². The molecule has 0 spiro atoms. The Morgan fingerprint density at radius 3 is 3.05 bits per heavy atom. The first-order valence-corrected chi connectivity index (χ1v) is 8.05. The van der Waals surface area contributed by atoms with Gasteiger partial charge in [-0.25, -0.2) is 4.98 Å². The summed E-state index contributed by atoms with van der Waals surface area (Å²) in [6.07, 6.45) is 4.54. The van der Waals surface area contributed by atoms with Crippen molar-refractivity contribution in [3.8, 4) is 5.75 Å². The molecule has 1 N–H and O–H groups in total. The second-order valence-corrected chi connectivity index (χ2v) is 6.58. The van der Waals surface area contributed by atoms with E-state index in [1.165, 1.54) is 34.0 Å². The number of thiazole rings is 1. The van der Waals surface area contributed by atoms with Crippen molar-refractivity contribution in [2.45, 2.75) is 31.2 Å². The lowest BCUT2D eigenvalue weighted by atomic mass is 9.85. The zero-order valence-corrected chi connectivity index (χ0v) is 12.4. The third kappa shape index (κ3) is 1.64. The first-order chi connectivity index (χ1) is 9.83. The highest BCUT2D eigenvalue weighted by atomic mass is 32.1. The van der Waals surface area contributed by atoms with Crippen LogP contribution in [0.4, 0.5) is 0 Å². The van der Waals surface area contributed by atoms with Gasteiger partial charge in [-0.2, -0.15) is 0 Å². The molecule has 0 bridgehead atoms. The third-order valence-corrected chi connectivity index (χ3v) is 5.79. The number of para-hydroxylation sites is 1. The van der Waals surface area contributed by atoms with Crippen LogP contribution in [0.15, 0.2) is 24.3 Å². The summed E-state index contributed by atoms with van der Waals surface area (Å²) in [5.41, 5.74) is 2.37. The first-order valence-electron chi connectivity index (χ1n) is 7.24.